The number of benzene rings is 6. The van der Waals surface area contributed by atoms with E-state index in [-0.39, 0.29) is 0 Å². The van der Waals surface area contributed by atoms with Crippen LogP contribution in [0.25, 0.3) is 44.2 Å². The minimum Gasteiger partial charge on any atom is -0.339 e. The summed E-state index contributed by atoms with van der Waals surface area (Å²) in [5.41, 5.74) is 5.53. The Hall–Kier alpha value is -4.76. The van der Waals surface area contributed by atoms with Gasteiger partial charge in [-0.15, -0.1) is 0 Å². The molecule has 0 unspecified atom stereocenters. The Morgan fingerprint density at radius 1 is 0.474 bits per heavy atom. The van der Waals surface area contributed by atoms with E-state index in [4.69, 9.17) is 0 Å². The van der Waals surface area contributed by atoms with Gasteiger partial charge in [-0.05, 0) is 57.3 Å². The monoisotopic (exact) mass is 497 g/mol. The maximum atomic E-state index is 16.4. The van der Waals surface area contributed by atoms with Crippen LogP contribution < -0.4 is 4.90 Å². The van der Waals surface area contributed by atoms with Gasteiger partial charge in [0.25, 0.3) is 0 Å². The minimum atomic E-state index is -0.407. The van der Waals surface area contributed by atoms with Gasteiger partial charge in [-0.25, -0.2) is 8.78 Å². The van der Waals surface area contributed by atoms with Crippen LogP contribution in [0.3, 0.4) is 0 Å². The zero-order valence-corrected chi connectivity index (χ0v) is 20.9. The fourth-order valence-electron chi connectivity index (χ4n) is 5.05. The highest BCUT2D eigenvalue weighted by atomic mass is 19.1. The highest BCUT2D eigenvalue weighted by Crippen LogP contribution is 2.42. The maximum Gasteiger partial charge on any atom is 0.155 e. The molecule has 6 aromatic rings. The molecule has 0 aliphatic carbocycles. The minimum absolute atomic E-state index is 0.309. The van der Waals surface area contributed by atoms with Crippen molar-refractivity contribution in [2.45, 2.75) is 0 Å². The number of hydrogen-bond donors (Lipinski definition) is 0. The van der Waals surface area contributed by atoms with Crippen LogP contribution in [-0.2, 0) is 0 Å². The number of halogens is 2. The molecule has 38 heavy (non-hydrogen) atoms. The Morgan fingerprint density at radius 2 is 1.11 bits per heavy atom. The molecule has 0 radical (unpaired) electrons. The van der Waals surface area contributed by atoms with E-state index in [1.54, 1.807) is 36.2 Å². The molecular formula is C35H25F2N. The van der Waals surface area contributed by atoms with E-state index in [2.05, 4.69) is 42.5 Å². The Bertz CT molecular complexity index is 1760. The van der Waals surface area contributed by atoms with Gasteiger partial charge in [0.05, 0.1) is 11.4 Å². The molecule has 0 spiro atoms. The molecule has 0 aliphatic rings. The lowest BCUT2D eigenvalue weighted by molar-refractivity contribution is 0.619. The smallest absolute Gasteiger partial charge is 0.155 e. The van der Waals surface area contributed by atoms with Gasteiger partial charge in [0.2, 0.25) is 0 Å². The van der Waals surface area contributed by atoms with Gasteiger partial charge in [0.1, 0.15) is 5.82 Å². The second kappa shape index (κ2) is 9.95. The summed E-state index contributed by atoms with van der Waals surface area (Å²) in [6.07, 6.45) is 0. The second-order valence-electron chi connectivity index (χ2n) is 9.34. The third-order valence-corrected chi connectivity index (χ3v) is 7.01. The molecule has 0 fully saturated rings. The molecule has 0 aromatic heterocycles. The second-order valence-corrected chi connectivity index (χ2v) is 9.34. The lowest BCUT2D eigenvalue weighted by Crippen LogP contribution is -2.14. The van der Waals surface area contributed by atoms with Gasteiger partial charge in [-0.3, -0.25) is 0 Å². The van der Waals surface area contributed by atoms with Gasteiger partial charge in [0, 0.05) is 18.2 Å². The van der Waals surface area contributed by atoms with Gasteiger partial charge >= 0.3 is 0 Å². The highest BCUT2D eigenvalue weighted by molar-refractivity contribution is 5.90. The number of hydrogen-bond acceptors (Lipinski definition) is 1. The van der Waals surface area contributed by atoms with Crippen molar-refractivity contribution in [3.8, 4) is 33.4 Å². The average Bonchev–Trinajstić information content (AvgIpc) is 2.97. The molecule has 184 valence electrons. The molecule has 0 atom stereocenters. The quantitative estimate of drug-likeness (QED) is 0.229. The van der Waals surface area contributed by atoms with Crippen LogP contribution in [-0.4, -0.2) is 7.05 Å². The molecule has 6 rings (SSSR count). The molecule has 0 N–H and O–H groups in total. The Kier molecular flexibility index (Phi) is 6.19. The van der Waals surface area contributed by atoms with E-state index in [1.165, 1.54) is 11.5 Å². The van der Waals surface area contributed by atoms with E-state index in [0.717, 1.165) is 27.6 Å². The summed E-state index contributed by atoms with van der Waals surface area (Å²) >= 11 is 0. The van der Waals surface area contributed by atoms with E-state index in [9.17, 15) is 4.39 Å². The first-order valence-corrected chi connectivity index (χ1v) is 12.6. The van der Waals surface area contributed by atoms with Crippen molar-refractivity contribution < 1.29 is 8.78 Å². The summed E-state index contributed by atoms with van der Waals surface area (Å²) in [5.74, 6) is -0.800. The van der Waals surface area contributed by atoms with E-state index >= 15 is 4.39 Å². The van der Waals surface area contributed by atoms with Crippen LogP contribution in [0.1, 0.15) is 0 Å². The molecule has 0 saturated heterocycles. The SMILES string of the molecule is CN(c1ccccc1F)c1c(-c2cccc(-c3ccc4ccccc4c3)c2)ccc(-c2ccccc2)c1F. The number of fused-ring (bicyclic) bond motifs is 1. The summed E-state index contributed by atoms with van der Waals surface area (Å²) in [6, 6.07) is 42.3. The molecule has 0 heterocycles. The van der Waals surface area contributed by atoms with Crippen LogP contribution in [0.4, 0.5) is 20.2 Å². The van der Waals surface area contributed by atoms with Crippen LogP contribution in [0, 0.1) is 11.6 Å². The standard InChI is InChI=1S/C35H25F2N/c1-38(33-17-8-7-16-32(33)36)35-31(21-20-30(34(35)37)25-11-3-2-4-12-25)29-15-9-14-27(23-29)28-19-18-24-10-5-6-13-26(24)22-28/h2-23H,1H3. The zero-order chi connectivity index (χ0) is 26.1. The summed E-state index contributed by atoms with van der Waals surface area (Å²) in [4.78, 5) is 1.61. The molecule has 6 aromatic carbocycles. The summed E-state index contributed by atoms with van der Waals surface area (Å²) < 4.78 is 31.3. The van der Waals surface area contributed by atoms with Crippen molar-refractivity contribution in [3.05, 3.63) is 145 Å². The van der Waals surface area contributed by atoms with E-state index in [0.29, 0.717) is 22.5 Å². The van der Waals surface area contributed by atoms with Crippen molar-refractivity contribution in [3.63, 3.8) is 0 Å². The molecule has 0 bridgehead atoms. The molecular weight excluding hydrogens is 472 g/mol. The summed E-state index contributed by atoms with van der Waals surface area (Å²) in [7, 11) is 1.71. The molecule has 0 amide bonds. The molecule has 0 aliphatic heterocycles. The molecule has 1 nitrogen and oxygen atoms in total. The fourth-order valence-corrected chi connectivity index (χ4v) is 5.05. The predicted molar refractivity (Wildman–Crippen MR) is 155 cm³/mol. The van der Waals surface area contributed by atoms with Crippen molar-refractivity contribution in [1.82, 2.24) is 0 Å². The predicted octanol–water partition coefficient (Wildman–Crippen LogP) is 9.89. The first-order chi connectivity index (χ1) is 18.6. The van der Waals surface area contributed by atoms with E-state index < -0.39 is 11.6 Å². The fraction of sp³-hybridized carbons (Fsp3) is 0.0286. The maximum absolute atomic E-state index is 16.4. The first kappa shape index (κ1) is 23.6. The topological polar surface area (TPSA) is 3.24 Å². The lowest BCUT2D eigenvalue weighted by atomic mass is 9.94. The largest absolute Gasteiger partial charge is 0.339 e. The lowest BCUT2D eigenvalue weighted by Gasteiger charge is -2.25. The van der Waals surface area contributed by atoms with Crippen molar-refractivity contribution in [2.75, 3.05) is 11.9 Å². The van der Waals surface area contributed by atoms with Crippen molar-refractivity contribution in [1.29, 1.82) is 0 Å². The summed E-state index contributed by atoms with van der Waals surface area (Å²) in [6.45, 7) is 0. The Balaban J connectivity index is 1.53. The van der Waals surface area contributed by atoms with Crippen LogP contribution in [0.5, 0.6) is 0 Å². The van der Waals surface area contributed by atoms with Crippen LogP contribution >= 0.6 is 0 Å². The van der Waals surface area contributed by atoms with Crippen LogP contribution in [0.15, 0.2) is 133 Å². The normalized spacial score (nSPS) is 11.0. The molecule has 0 saturated carbocycles. The average molecular weight is 498 g/mol. The number of nitrogens with zero attached hydrogens (tertiary/aromatic N) is 1. The zero-order valence-electron chi connectivity index (χ0n) is 20.9. The first-order valence-electron chi connectivity index (χ1n) is 12.6. The Morgan fingerprint density at radius 3 is 1.92 bits per heavy atom. The van der Waals surface area contributed by atoms with Crippen molar-refractivity contribution >= 4 is 22.1 Å². The third-order valence-electron chi connectivity index (χ3n) is 7.01. The summed E-state index contributed by atoms with van der Waals surface area (Å²) in [5, 5.41) is 2.34. The van der Waals surface area contributed by atoms with Gasteiger partial charge in [0.15, 0.2) is 5.82 Å². The van der Waals surface area contributed by atoms with Gasteiger partial charge in [-0.1, -0.05) is 109 Å². The Labute approximate surface area is 221 Å². The van der Waals surface area contributed by atoms with Crippen molar-refractivity contribution in [2.24, 2.45) is 0 Å². The van der Waals surface area contributed by atoms with E-state index in [1.807, 2.05) is 60.7 Å². The highest BCUT2D eigenvalue weighted by Gasteiger charge is 2.22. The molecule has 3 heteroatoms. The number of para-hydroxylation sites is 1. The van der Waals surface area contributed by atoms with Crippen LogP contribution in [0.2, 0.25) is 0 Å². The number of rotatable bonds is 5. The number of anilines is 2. The third kappa shape index (κ3) is 4.33. The van der Waals surface area contributed by atoms with Gasteiger partial charge in [-0.2, -0.15) is 0 Å². The van der Waals surface area contributed by atoms with Gasteiger partial charge < -0.3 is 4.90 Å².